The molecule has 1 N–H and O–H groups in total. The van der Waals surface area contributed by atoms with Crippen molar-refractivity contribution in [3.05, 3.63) is 77.1 Å². The smallest absolute Gasteiger partial charge is 0.186 e. The van der Waals surface area contributed by atoms with Gasteiger partial charge in [0.1, 0.15) is 23.0 Å². The maximum absolute atomic E-state index is 11.5. The number of fused-ring (bicyclic) bond motifs is 1. The van der Waals surface area contributed by atoms with E-state index in [1.165, 1.54) is 6.33 Å². The molecule has 7 nitrogen and oxygen atoms in total. The van der Waals surface area contributed by atoms with Gasteiger partial charge in [-0.2, -0.15) is 0 Å². The van der Waals surface area contributed by atoms with Gasteiger partial charge in [0.05, 0.1) is 18.0 Å². The van der Waals surface area contributed by atoms with E-state index in [0.29, 0.717) is 21.6 Å². The number of pyridine rings is 1. The molecule has 1 aromatic carbocycles. The molecule has 1 aliphatic rings. The van der Waals surface area contributed by atoms with Crippen LogP contribution in [0.5, 0.6) is 5.75 Å². The fourth-order valence-corrected chi connectivity index (χ4v) is 3.78. The first-order valence-corrected chi connectivity index (χ1v) is 9.73. The highest BCUT2D eigenvalue weighted by molar-refractivity contribution is 7.79. The molecule has 142 valence electrons. The Morgan fingerprint density at radius 1 is 1.21 bits per heavy atom. The molecule has 9 heteroatoms. The zero-order valence-electron chi connectivity index (χ0n) is 14.7. The summed E-state index contributed by atoms with van der Waals surface area (Å²) in [6, 6.07) is 8.29. The predicted molar refractivity (Wildman–Crippen MR) is 107 cm³/mol. The van der Waals surface area contributed by atoms with Crippen molar-refractivity contribution in [3.8, 4) is 5.75 Å². The topological polar surface area (TPSA) is 88.4 Å². The van der Waals surface area contributed by atoms with Crippen LogP contribution >= 0.6 is 11.6 Å². The number of methoxy groups -OCH3 is 1. The Labute approximate surface area is 169 Å². The molecule has 3 aromatic rings. The van der Waals surface area contributed by atoms with E-state index in [2.05, 4.69) is 15.0 Å². The number of ether oxygens (including phenoxy) is 1. The lowest BCUT2D eigenvalue weighted by Crippen LogP contribution is -2.28. The van der Waals surface area contributed by atoms with Crippen LogP contribution in [0.3, 0.4) is 0 Å². The molecule has 28 heavy (non-hydrogen) atoms. The van der Waals surface area contributed by atoms with Gasteiger partial charge in [-0.25, -0.2) is 19.2 Å². The standard InChI is InChI=1S/C19H15ClN4O3S/c1-27-16-9-17(20)22-10-15(16)19-14-3-2-13(28(25)26)8-12(14)5-7-24(19)18-4-6-21-11-23-18/h2-11,19H,1H3,(H,25,26). The SMILES string of the molecule is COc1cc(Cl)ncc1C1c2ccc(S(=O)O)cc2C=CN1c1ccncn1. The van der Waals surface area contributed by atoms with Crippen molar-refractivity contribution < 1.29 is 13.5 Å². The Hall–Kier alpha value is -2.81. The van der Waals surface area contributed by atoms with Crippen molar-refractivity contribution in [1.82, 2.24) is 15.0 Å². The van der Waals surface area contributed by atoms with Gasteiger partial charge in [0.25, 0.3) is 0 Å². The van der Waals surface area contributed by atoms with Gasteiger partial charge in [-0.1, -0.05) is 17.7 Å². The largest absolute Gasteiger partial charge is 0.496 e. The molecular weight excluding hydrogens is 400 g/mol. The van der Waals surface area contributed by atoms with Gasteiger partial charge in [-0.15, -0.1) is 0 Å². The third-order valence-corrected chi connectivity index (χ3v) is 5.32. The second-order valence-corrected chi connectivity index (χ2v) is 7.34. The molecular formula is C19H15ClN4O3S. The molecule has 3 heterocycles. The summed E-state index contributed by atoms with van der Waals surface area (Å²) in [7, 11) is 1.57. The second kappa shape index (κ2) is 7.67. The minimum atomic E-state index is -2.06. The average Bonchev–Trinajstić information content (AvgIpc) is 2.73. The monoisotopic (exact) mass is 414 g/mol. The number of benzene rings is 1. The molecule has 4 rings (SSSR count). The first kappa shape index (κ1) is 18.5. The fourth-order valence-electron chi connectivity index (χ4n) is 3.22. The summed E-state index contributed by atoms with van der Waals surface area (Å²) >= 11 is 3.98. The molecule has 0 fully saturated rings. The summed E-state index contributed by atoms with van der Waals surface area (Å²) in [5, 5.41) is 0.326. The maximum atomic E-state index is 11.5. The van der Waals surface area contributed by atoms with E-state index in [4.69, 9.17) is 16.3 Å². The molecule has 0 saturated heterocycles. The lowest BCUT2D eigenvalue weighted by Gasteiger charge is -2.35. The van der Waals surface area contributed by atoms with Crippen LogP contribution in [-0.4, -0.2) is 30.8 Å². The van der Waals surface area contributed by atoms with E-state index in [1.54, 1.807) is 43.8 Å². The first-order chi connectivity index (χ1) is 13.6. The minimum Gasteiger partial charge on any atom is -0.496 e. The summed E-state index contributed by atoms with van der Waals surface area (Å²) in [5.41, 5.74) is 2.53. The lowest BCUT2D eigenvalue weighted by atomic mass is 9.91. The van der Waals surface area contributed by atoms with E-state index < -0.39 is 11.1 Å². The Bertz CT molecular complexity index is 1080. The Morgan fingerprint density at radius 3 is 2.79 bits per heavy atom. The van der Waals surface area contributed by atoms with Gasteiger partial charge in [0, 0.05) is 30.2 Å². The summed E-state index contributed by atoms with van der Waals surface area (Å²) in [4.78, 5) is 14.9. The number of hydrogen-bond donors (Lipinski definition) is 1. The van der Waals surface area contributed by atoms with Crippen LogP contribution in [0.15, 0.2) is 60.1 Å². The molecule has 2 atom stereocenters. The highest BCUT2D eigenvalue weighted by Crippen LogP contribution is 2.41. The van der Waals surface area contributed by atoms with Gasteiger partial charge in [-0.05, 0) is 35.4 Å². The number of halogens is 1. The van der Waals surface area contributed by atoms with Crippen LogP contribution < -0.4 is 9.64 Å². The van der Waals surface area contributed by atoms with Crippen molar-refractivity contribution in [2.75, 3.05) is 12.0 Å². The zero-order chi connectivity index (χ0) is 19.7. The second-order valence-electron chi connectivity index (χ2n) is 5.98. The Balaban J connectivity index is 1.92. The number of aromatic nitrogens is 3. The molecule has 0 radical (unpaired) electrons. The van der Waals surface area contributed by atoms with Crippen molar-refractivity contribution in [2.45, 2.75) is 10.9 Å². The highest BCUT2D eigenvalue weighted by atomic mass is 35.5. The molecule has 2 unspecified atom stereocenters. The summed E-state index contributed by atoms with van der Waals surface area (Å²) < 4.78 is 26.4. The van der Waals surface area contributed by atoms with Crippen molar-refractivity contribution in [2.24, 2.45) is 0 Å². The lowest BCUT2D eigenvalue weighted by molar-refractivity contribution is 0.406. The molecule has 0 spiro atoms. The molecule has 2 aromatic heterocycles. The van der Waals surface area contributed by atoms with Crippen molar-refractivity contribution in [1.29, 1.82) is 0 Å². The first-order valence-electron chi connectivity index (χ1n) is 8.25. The summed E-state index contributed by atoms with van der Waals surface area (Å²) in [5.74, 6) is 1.27. The third kappa shape index (κ3) is 3.37. The van der Waals surface area contributed by atoms with Crippen molar-refractivity contribution in [3.63, 3.8) is 0 Å². The van der Waals surface area contributed by atoms with Crippen LogP contribution in [0.1, 0.15) is 22.7 Å². The van der Waals surface area contributed by atoms with Crippen molar-refractivity contribution >= 4 is 34.6 Å². The number of anilines is 1. The van der Waals surface area contributed by atoms with Gasteiger partial charge >= 0.3 is 0 Å². The number of nitrogens with zero attached hydrogens (tertiary/aromatic N) is 4. The van der Waals surface area contributed by atoms with Gasteiger partial charge < -0.3 is 14.2 Å². The molecule has 0 amide bonds. The quantitative estimate of drug-likeness (QED) is 0.514. The van der Waals surface area contributed by atoms with Crippen LogP contribution in [-0.2, 0) is 11.1 Å². The fraction of sp³-hybridized carbons (Fsp3) is 0.105. The Morgan fingerprint density at radius 2 is 2.07 bits per heavy atom. The zero-order valence-corrected chi connectivity index (χ0v) is 16.3. The summed E-state index contributed by atoms with van der Waals surface area (Å²) in [6.07, 6.45) is 8.55. The minimum absolute atomic E-state index is 0.323. The van der Waals surface area contributed by atoms with E-state index in [9.17, 15) is 8.76 Å². The van der Waals surface area contributed by atoms with Gasteiger partial charge in [0.2, 0.25) is 0 Å². The summed E-state index contributed by atoms with van der Waals surface area (Å²) in [6.45, 7) is 0. The van der Waals surface area contributed by atoms with Gasteiger partial charge in [0.15, 0.2) is 11.1 Å². The van der Waals surface area contributed by atoms with E-state index in [-0.39, 0.29) is 6.04 Å². The third-order valence-electron chi connectivity index (χ3n) is 4.45. The Kier molecular flexibility index (Phi) is 5.08. The normalized spacial score (nSPS) is 16.5. The van der Waals surface area contributed by atoms with E-state index in [0.717, 1.165) is 16.7 Å². The highest BCUT2D eigenvalue weighted by Gasteiger charge is 2.30. The number of hydrogen-bond acceptors (Lipinski definition) is 6. The molecule has 1 aliphatic heterocycles. The maximum Gasteiger partial charge on any atom is 0.186 e. The van der Waals surface area contributed by atoms with Crippen LogP contribution in [0.25, 0.3) is 6.08 Å². The van der Waals surface area contributed by atoms with Crippen LogP contribution in [0, 0.1) is 0 Å². The average molecular weight is 415 g/mol. The predicted octanol–water partition coefficient (Wildman–Crippen LogP) is 3.69. The molecule has 0 saturated carbocycles. The number of rotatable bonds is 4. The molecule has 0 aliphatic carbocycles. The van der Waals surface area contributed by atoms with E-state index in [1.807, 2.05) is 23.2 Å². The van der Waals surface area contributed by atoms with Crippen LogP contribution in [0.2, 0.25) is 5.15 Å². The molecule has 0 bridgehead atoms. The van der Waals surface area contributed by atoms with E-state index >= 15 is 0 Å². The van der Waals surface area contributed by atoms with Gasteiger partial charge in [-0.3, -0.25) is 0 Å². The van der Waals surface area contributed by atoms with Crippen LogP contribution in [0.4, 0.5) is 5.82 Å².